The maximum atomic E-state index is 13.0. The van der Waals surface area contributed by atoms with Crippen molar-refractivity contribution in [1.82, 2.24) is 0 Å². The Morgan fingerprint density at radius 1 is 1.57 bits per heavy atom. The number of nitrogens with two attached hydrogens (primary N) is 1. The van der Waals surface area contributed by atoms with Gasteiger partial charge in [-0.05, 0) is 52.5 Å². The normalized spacial score (nSPS) is 12.9. The van der Waals surface area contributed by atoms with Crippen molar-refractivity contribution in [2.45, 2.75) is 19.3 Å². The highest BCUT2D eigenvalue weighted by molar-refractivity contribution is 9.10. The summed E-state index contributed by atoms with van der Waals surface area (Å²) < 4.78 is 13.3. The van der Waals surface area contributed by atoms with Crippen LogP contribution < -0.4 is 5.73 Å². The van der Waals surface area contributed by atoms with Gasteiger partial charge in [0.15, 0.2) is 11.6 Å². The fraction of sp³-hybridized carbons (Fsp3) is 0.400. The molecule has 0 aromatic heterocycles. The van der Waals surface area contributed by atoms with Crippen LogP contribution in [0.15, 0.2) is 16.6 Å². The van der Waals surface area contributed by atoms with Crippen LogP contribution in [-0.2, 0) is 0 Å². The van der Waals surface area contributed by atoms with Gasteiger partial charge in [-0.1, -0.05) is 6.92 Å². The van der Waals surface area contributed by atoms with Gasteiger partial charge in [0.25, 0.3) is 0 Å². The van der Waals surface area contributed by atoms with Crippen LogP contribution >= 0.6 is 15.9 Å². The van der Waals surface area contributed by atoms with Crippen molar-refractivity contribution in [3.63, 3.8) is 0 Å². The van der Waals surface area contributed by atoms with Crippen molar-refractivity contribution < 1.29 is 9.50 Å². The number of hydrogen-bond donors (Lipinski definition) is 2. The Bertz CT molecular complexity index is 307. The average molecular weight is 262 g/mol. The summed E-state index contributed by atoms with van der Waals surface area (Å²) in [6.45, 7) is 2.57. The first-order chi connectivity index (χ1) is 6.56. The maximum absolute atomic E-state index is 13.0. The number of rotatable bonds is 3. The van der Waals surface area contributed by atoms with Crippen molar-refractivity contribution in [1.29, 1.82) is 0 Å². The van der Waals surface area contributed by atoms with Gasteiger partial charge in [0.05, 0.1) is 4.47 Å². The van der Waals surface area contributed by atoms with Crippen LogP contribution in [0.4, 0.5) is 4.39 Å². The molecule has 1 rings (SSSR count). The first-order valence-corrected chi connectivity index (χ1v) is 5.23. The summed E-state index contributed by atoms with van der Waals surface area (Å²) in [5.74, 6) is -0.713. The Labute approximate surface area is 91.1 Å². The second-order valence-electron chi connectivity index (χ2n) is 3.31. The van der Waals surface area contributed by atoms with Crippen LogP contribution in [0.1, 0.15) is 24.8 Å². The highest BCUT2D eigenvalue weighted by Crippen LogP contribution is 2.30. The van der Waals surface area contributed by atoms with Gasteiger partial charge >= 0.3 is 0 Å². The van der Waals surface area contributed by atoms with Crippen molar-refractivity contribution in [2.75, 3.05) is 6.54 Å². The first kappa shape index (κ1) is 11.5. The Hall–Kier alpha value is -0.610. The third kappa shape index (κ3) is 2.45. The summed E-state index contributed by atoms with van der Waals surface area (Å²) in [7, 11) is 0. The molecule has 0 aliphatic rings. The van der Waals surface area contributed by atoms with Gasteiger partial charge in [-0.25, -0.2) is 4.39 Å². The lowest BCUT2D eigenvalue weighted by molar-refractivity contribution is 0.428. The molecule has 0 bridgehead atoms. The minimum atomic E-state index is -0.617. The minimum Gasteiger partial charge on any atom is -0.505 e. The van der Waals surface area contributed by atoms with E-state index in [2.05, 4.69) is 15.9 Å². The monoisotopic (exact) mass is 261 g/mol. The molecule has 0 aliphatic heterocycles. The second-order valence-corrected chi connectivity index (χ2v) is 4.17. The topological polar surface area (TPSA) is 46.2 Å². The third-order valence-corrected chi connectivity index (χ3v) is 2.78. The van der Waals surface area contributed by atoms with Crippen molar-refractivity contribution >= 4 is 15.9 Å². The number of phenolic OH excluding ortho intramolecular Hbond substituents is 1. The quantitative estimate of drug-likeness (QED) is 0.879. The average Bonchev–Trinajstić information content (AvgIpc) is 2.13. The molecule has 1 unspecified atom stereocenters. The Balaban J connectivity index is 3.00. The van der Waals surface area contributed by atoms with Crippen LogP contribution in [0, 0.1) is 5.82 Å². The fourth-order valence-corrected chi connectivity index (χ4v) is 1.76. The Morgan fingerprint density at radius 2 is 2.21 bits per heavy atom. The molecule has 0 saturated heterocycles. The van der Waals surface area contributed by atoms with Crippen LogP contribution in [0.5, 0.6) is 5.75 Å². The number of benzene rings is 1. The lowest BCUT2D eigenvalue weighted by Gasteiger charge is -2.11. The summed E-state index contributed by atoms with van der Waals surface area (Å²) in [4.78, 5) is 0. The summed E-state index contributed by atoms with van der Waals surface area (Å²) in [6, 6.07) is 3.12. The van der Waals surface area contributed by atoms with Gasteiger partial charge in [0.1, 0.15) is 0 Å². The van der Waals surface area contributed by atoms with Gasteiger partial charge < -0.3 is 10.8 Å². The summed E-state index contributed by atoms with van der Waals surface area (Å²) in [5.41, 5.74) is 6.31. The molecule has 0 radical (unpaired) electrons. The molecule has 3 N–H and O–H groups in total. The molecule has 0 heterocycles. The number of phenols is 1. The maximum Gasteiger partial charge on any atom is 0.178 e. The van der Waals surface area contributed by atoms with E-state index in [1.807, 2.05) is 6.92 Å². The zero-order chi connectivity index (χ0) is 10.7. The van der Waals surface area contributed by atoms with Crippen LogP contribution in [0.25, 0.3) is 0 Å². The van der Waals surface area contributed by atoms with E-state index < -0.39 is 5.82 Å². The standard InChI is InChI=1S/C10H13BrFNO/c1-6(2-3-13)7-4-8(11)10(12)9(14)5-7/h4-6,14H,2-3,13H2,1H3. The predicted octanol–water partition coefficient (Wildman–Crippen LogP) is 2.75. The molecule has 0 fully saturated rings. The highest BCUT2D eigenvalue weighted by Gasteiger charge is 2.11. The lowest BCUT2D eigenvalue weighted by atomic mass is 9.98. The first-order valence-electron chi connectivity index (χ1n) is 4.44. The van der Waals surface area contributed by atoms with Gasteiger partial charge in [-0.15, -0.1) is 0 Å². The Morgan fingerprint density at radius 3 is 2.71 bits per heavy atom. The molecule has 1 aromatic carbocycles. The lowest BCUT2D eigenvalue weighted by Crippen LogP contribution is -2.04. The van der Waals surface area contributed by atoms with Crippen molar-refractivity contribution in [3.8, 4) is 5.75 Å². The molecule has 78 valence electrons. The molecule has 0 saturated carbocycles. The molecule has 1 aromatic rings. The predicted molar refractivity (Wildman–Crippen MR) is 57.9 cm³/mol. The molecular formula is C10H13BrFNO. The summed E-state index contributed by atoms with van der Waals surface area (Å²) >= 11 is 3.05. The Kier molecular flexibility index (Phi) is 3.89. The van der Waals surface area contributed by atoms with E-state index in [4.69, 9.17) is 5.73 Å². The molecule has 0 spiro atoms. The molecule has 2 nitrogen and oxygen atoms in total. The van der Waals surface area contributed by atoms with Crippen molar-refractivity contribution in [2.24, 2.45) is 5.73 Å². The van der Waals surface area contributed by atoms with E-state index in [0.717, 1.165) is 12.0 Å². The highest BCUT2D eigenvalue weighted by atomic mass is 79.9. The molecule has 0 aliphatic carbocycles. The zero-order valence-corrected chi connectivity index (χ0v) is 9.51. The van der Waals surface area contributed by atoms with Gasteiger partial charge in [-0.2, -0.15) is 0 Å². The largest absolute Gasteiger partial charge is 0.505 e. The van der Waals surface area contributed by atoms with E-state index in [-0.39, 0.29) is 16.1 Å². The smallest absolute Gasteiger partial charge is 0.178 e. The molecular weight excluding hydrogens is 249 g/mol. The van der Waals surface area contributed by atoms with Gasteiger partial charge in [-0.3, -0.25) is 0 Å². The SMILES string of the molecule is CC(CCN)c1cc(O)c(F)c(Br)c1. The summed E-state index contributed by atoms with van der Waals surface area (Å²) in [6.07, 6.45) is 0.817. The van der Waals surface area contributed by atoms with E-state index in [1.54, 1.807) is 6.07 Å². The third-order valence-electron chi connectivity index (χ3n) is 2.20. The van der Waals surface area contributed by atoms with E-state index in [9.17, 15) is 9.50 Å². The van der Waals surface area contributed by atoms with E-state index >= 15 is 0 Å². The van der Waals surface area contributed by atoms with Crippen LogP contribution in [0.2, 0.25) is 0 Å². The minimum absolute atomic E-state index is 0.225. The van der Waals surface area contributed by atoms with E-state index in [0.29, 0.717) is 6.54 Å². The van der Waals surface area contributed by atoms with Gasteiger partial charge in [0, 0.05) is 0 Å². The zero-order valence-electron chi connectivity index (χ0n) is 7.93. The van der Waals surface area contributed by atoms with Crippen LogP contribution in [-0.4, -0.2) is 11.7 Å². The van der Waals surface area contributed by atoms with Crippen LogP contribution in [0.3, 0.4) is 0 Å². The fourth-order valence-electron chi connectivity index (χ4n) is 1.30. The van der Waals surface area contributed by atoms with Crippen molar-refractivity contribution in [3.05, 3.63) is 28.0 Å². The second kappa shape index (κ2) is 4.75. The summed E-state index contributed by atoms with van der Waals surface area (Å²) in [5, 5.41) is 9.26. The number of halogens is 2. The van der Waals surface area contributed by atoms with E-state index in [1.165, 1.54) is 6.07 Å². The molecule has 1 atom stereocenters. The molecule has 4 heteroatoms. The molecule has 14 heavy (non-hydrogen) atoms. The molecule has 0 amide bonds. The van der Waals surface area contributed by atoms with Gasteiger partial charge in [0.2, 0.25) is 0 Å². The number of aromatic hydroxyl groups is 1. The number of hydrogen-bond acceptors (Lipinski definition) is 2.